The fourth-order valence-corrected chi connectivity index (χ4v) is 5.86. The molecule has 0 unspecified atom stereocenters. The zero-order valence-electron chi connectivity index (χ0n) is 22.4. The summed E-state index contributed by atoms with van der Waals surface area (Å²) in [7, 11) is 0. The number of likely N-dealkylation sites (tertiary alicyclic amines) is 2. The third-order valence-corrected chi connectivity index (χ3v) is 7.64. The Hall–Kier alpha value is -3.10. The van der Waals surface area contributed by atoms with Crippen LogP contribution in [0, 0.1) is 17.7 Å². The molecule has 2 aliphatic rings. The van der Waals surface area contributed by atoms with Gasteiger partial charge in [-0.3, -0.25) is 14.5 Å². The van der Waals surface area contributed by atoms with E-state index in [0.717, 1.165) is 64.0 Å². The Morgan fingerprint density at radius 2 is 1.76 bits per heavy atom. The van der Waals surface area contributed by atoms with E-state index in [1.165, 1.54) is 19.1 Å². The topological polar surface area (TPSA) is 81.8 Å². The van der Waals surface area contributed by atoms with Gasteiger partial charge < -0.3 is 15.5 Å². The first-order valence-electron chi connectivity index (χ1n) is 13.6. The molecular weight excluding hydrogens is 483 g/mol. The van der Waals surface area contributed by atoms with Gasteiger partial charge in [-0.1, -0.05) is 24.3 Å². The molecule has 2 aromatic carbocycles. The molecule has 0 radical (unpaired) electrons. The van der Waals surface area contributed by atoms with Crippen molar-refractivity contribution in [1.82, 2.24) is 15.1 Å². The van der Waals surface area contributed by atoms with Crippen LogP contribution >= 0.6 is 0 Å². The minimum absolute atomic E-state index is 0.0216. The molecule has 2 aliphatic heterocycles. The Labute approximate surface area is 224 Å². The fraction of sp³-hybridized carbons (Fsp3) is 0.500. The van der Waals surface area contributed by atoms with Gasteiger partial charge in [-0.15, -0.1) is 0 Å². The van der Waals surface area contributed by atoms with Crippen molar-refractivity contribution in [2.24, 2.45) is 11.8 Å². The number of rotatable bonds is 9. The van der Waals surface area contributed by atoms with Gasteiger partial charge in [-0.25, -0.2) is 9.18 Å². The number of piperidine rings is 2. The van der Waals surface area contributed by atoms with E-state index in [9.17, 15) is 18.8 Å². The number of halogens is 1. The molecule has 0 saturated carbocycles. The van der Waals surface area contributed by atoms with Crippen LogP contribution in [0.3, 0.4) is 0 Å². The molecule has 2 amide bonds. The molecule has 204 valence electrons. The number of carbonyl (C=O) groups is 3. The van der Waals surface area contributed by atoms with Crippen molar-refractivity contribution in [2.75, 3.05) is 44.6 Å². The van der Waals surface area contributed by atoms with Crippen molar-refractivity contribution in [3.05, 3.63) is 65.5 Å². The molecule has 38 heavy (non-hydrogen) atoms. The van der Waals surface area contributed by atoms with E-state index < -0.39 is 0 Å². The van der Waals surface area contributed by atoms with Crippen molar-refractivity contribution >= 4 is 23.3 Å². The molecule has 2 saturated heterocycles. The zero-order valence-corrected chi connectivity index (χ0v) is 22.4. The Balaban J connectivity index is 1.38. The number of nitrogens with one attached hydrogen (secondary N) is 2. The second kappa shape index (κ2) is 13.1. The Kier molecular flexibility index (Phi) is 9.63. The first-order valence-corrected chi connectivity index (χ1v) is 13.6. The van der Waals surface area contributed by atoms with Crippen LogP contribution in [0.25, 0.3) is 0 Å². The van der Waals surface area contributed by atoms with Gasteiger partial charge in [0.05, 0.1) is 6.54 Å². The Morgan fingerprint density at radius 3 is 2.50 bits per heavy atom. The minimum atomic E-state index is -0.284. The average molecular weight is 523 g/mol. The van der Waals surface area contributed by atoms with Crippen LogP contribution in [0.2, 0.25) is 0 Å². The summed E-state index contributed by atoms with van der Waals surface area (Å²) in [5.74, 6) is 0.582. The summed E-state index contributed by atoms with van der Waals surface area (Å²) in [5.41, 5.74) is 2.30. The molecule has 7 nitrogen and oxygen atoms in total. The molecule has 0 spiro atoms. The molecule has 0 aliphatic carbocycles. The standard InChI is InChI=1S/C30H39FN4O3/c1-21(36)17-35-14-12-29(33-30(38)32-28-7-3-6-25(16-28)22(2)37)26(20-35)19-34-13-4-5-24(18-34)15-23-8-10-27(31)11-9-23/h3,6-11,16,24,26,29H,4-5,12-15,17-20H2,1-2H3,(H2,32,33,38)/t24-,26+,29+/m0/s1. The lowest BCUT2D eigenvalue weighted by Crippen LogP contribution is -2.56. The smallest absolute Gasteiger partial charge is 0.319 e. The van der Waals surface area contributed by atoms with Crippen molar-refractivity contribution in [3.63, 3.8) is 0 Å². The third kappa shape index (κ3) is 8.20. The maximum atomic E-state index is 13.3. The van der Waals surface area contributed by atoms with Gasteiger partial charge in [0.25, 0.3) is 0 Å². The largest absolute Gasteiger partial charge is 0.335 e. The molecule has 0 bridgehead atoms. The highest BCUT2D eigenvalue weighted by atomic mass is 19.1. The second-order valence-corrected chi connectivity index (χ2v) is 10.9. The van der Waals surface area contributed by atoms with E-state index in [4.69, 9.17) is 0 Å². The summed E-state index contributed by atoms with van der Waals surface area (Å²) in [4.78, 5) is 41.1. The quantitative estimate of drug-likeness (QED) is 0.478. The predicted octanol–water partition coefficient (Wildman–Crippen LogP) is 4.38. The lowest BCUT2D eigenvalue weighted by Gasteiger charge is -2.42. The molecule has 2 aromatic rings. The van der Waals surface area contributed by atoms with E-state index >= 15 is 0 Å². The summed E-state index contributed by atoms with van der Waals surface area (Å²) in [5, 5.41) is 6.06. The molecule has 4 rings (SSSR count). The van der Waals surface area contributed by atoms with Crippen LogP contribution in [-0.4, -0.2) is 72.7 Å². The summed E-state index contributed by atoms with van der Waals surface area (Å²) in [6.07, 6.45) is 3.96. The molecule has 3 atom stereocenters. The van der Waals surface area contributed by atoms with Gasteiger partial charge in [0, 0.05) is 49.4 Å². The van der Waals surface area contributed by atoms with Crippen LogP contribution < -0.4 is 10.6 Å². The molecule has 0 aromatic heterocycles. The SMILES string of the molecule is CC(=O)CN1CC[C@@H](NC(=O)Nc2cccc(C(C)=O)c2)[C@H](CN2CCC[C@@H](Cc3ccc(F)cc3)C2)C1. The van der Waals surface area contributed by atoms with Crippen LogP contribution in [0.15, 0.2) is 48.5 Å². The van der Waals surface area contributed by atoms with Gasteiger partial charge in [0.2, 0.25) is 0 Å². The van der Waals surface area contributed by atoms with Crippen LogP contribution in [0.1, 0.15) is 49.0 Å². The molecular formula is C30H39FN4O3. The maximum absolute atomic E-state index is 13.3. The monoisotopic (exact) mass is 522 g/mol. The number of ketones is 2. The number of amides is 2. The van der Waals surface area contributed by atoms with E-state index in [1.54, 1.807) is 31.2 Å². The Bertz CT molecular complexity index is 1120. The van der Waals surface area contributed by atoms with E-state index in [0.29, 0.717) is 23.7 Å². The summed E-state index contributed by atoms with van der Waals surface area (Å²) in [6.45, 7) is 7.89. The van der Waals surface area contributed by atoms with Gasteiger partial charge >= 0.3 is 6.03 Å². The Morgan fingerprint density at radius 1 is 0.974 bits per heavy atom. The highest BCUT2D eigenvalue weighted by Crippen LogP contribution is 2.25. The third-order valence-electron chi connectivity index (χ3n) is 7.64. The maximum Gasteiger partial charge on any atom is 0.319 e. The summed E-state index contributed by atoms with van der Waals surface area (Å²) in [6, 6.07) is 13.4. The first kappa shape index (κ1) is 27.9. The fourth-order valence-electron chi connectivity index (χ4n) is 5.86. The van der Waals surface area contributed by atoms with Crippen LogP contribution in [0.4, 0.5) is 14.9 Å². The normalized spacial score (nSPS) is 22.6. The minimum Gasteiger partial charge on any atom is -0.335 e. The number of hydrogen-bond acceptors (Lipinski definition) is 5. The van der Waals surface area contributed by atoms with Crippen molar-refractivity contribution in [3.8, 4) is 0 Å². The second-order valence-electron chi connectivity index (χ2n) is 10.9. The average Bonchev–Trinajstić information content (AvgIpc) is 2.87. The highest BCUT2D eigenvalue weighted by molar-refractivity contribution is 5.96. The predicted molar refractivity (Wildman–Crippen MR) is 147 cm³/mol. The number of hydrogen-bond donors (Lipinski definition) is 2. The highest BCUT2D eigenvalue weighted by Gasteiger charge is 2.33. The van der Waals surface area contributed by atoms with Gasteiger partial charge in [0.1, 0.15) is 11.6 Å². The molecule has 2 N–H and O–H groups in total. The van der Waals surface area contributed by atoms with E-state index in [2.05, 4.69) is 20.4 Å². The van der Waals surface area contributed by atoms with E-state index in [-0.39, 0.29) is 35.4 Å². The number of Topliss-reactive ketones (excluding diaryl/α,β-unsaturated/α-hetero) is 2. The van der Waals surface area contributed by atoms with Crippen molar-refractivity contribution in [1.29, 1.82) is 0 Å². The number of nitrogens with zero attached hydrogens (tertiary/aromatic N) is 2. The van der Waals surface area contributed by atoms with Crippen molar-refractivity contribution in [2.45, 2.75) is 45.6 Å². The number of urea groups is 1. The van der Waals surface area contributed by atoms with Gasteiger partial charge in [-0.2, -0.15) is 0 Å². The zero-order chi connectivity index (χ0) is 27.1. The molecule has 2 heterocycles. The van der Waals surface area contributed by atoms with Crippen LogP contribution in [0.5, 0.6) is 0 Å². The van der Waals surface area contributed by atoms with Gasteiger partial charge in [0.15, 0.2) is 5.78 Å². The van der Waals surface area contributed by atoms with Crippen LogP contribution in [-0.2, 0) is 11.2 Å². The number of benzene rings is 2. The summed E-state index contributed by atoms with van der Waals surface area (Å²) >= 11 is 0. The van der Waals surface area contributed by atoms with E-state index in [1.807, 2.05) is 12.1 Å². The summed E-state index contributed by atoms with van der Waals surface area (Å²) < 4.78 is 13.3. The molecule has 8 heteroatoms. The molecule has 2 fully saturated rings. The lowest BCUT2D eigenvalue weighted by atomic mass is 9.88. The number of carbonyl (C=O) groups excluding carboxylic acids is 3. The van der Waals surface area contributed by atoms with Gasteiger partial charge in [-0.05, 0) is 81.8 Å². The number of anilines is 1. The first-order chi connectivity index (χ1) is 18.2. The van der Waals surface area contributed by atoms with Crippen molar-refractivity contribution < 1.29 is 18.8 Å². The lowest BCUT2D eigenvalue weighted by molar-refractivity contribution is -0.118.